The first-order valence-corrected chi connectivity index (χ1v) is 6.79. The second-order valence-corrected chi connectivity index (χ2v) is 5.37. The van der Waals surface area contributed by atoms with Crippen LogP contribution in [0.3, 0.4) is 0 Å². The van der Waals surface area contributed by atoms with E-state index in [2.05, 4.69) is 18.2 Å². The van der Waals surface area contributed by atoms with Crippen LogP contribution < -0.4 is 10.5 Å². The highest BCUT2D eigenvalue weighted by Gasteiger charge is 2.55. The first kappa shape index (κ1) is 11.1. The van der Waals surface area contributed by atoms with Crippen LogP contribution >= 0.6 is 0 Å². The zero-order valence-corrected chi connectivity index (χ0v) is 10.4. The van der Waals surface area contributed by atoms with E-state index in [4.69, 9.17) is 10.5 Å². The van der Waals surface area contributed by atoms with Crippen LogP contribution in [0.4, 0.5) is 0 Å². The van der Waals surface area contributed by atoms with Crippen LogP contribution in [0.1, 0.15) is 37.8 Å². The van der Waals surface area contributed by atoms with Gasteiger partial charge in [0.25, 0.3) is 0 Å². The minimum absolute atomic E-state index is 0.214. The summed E-state index contributed by atoms with van der Waals surface area (Å²) in [5.41, 5.74) is 7.65. The summed E-state index contributed by atoms with van der Waals surface area (Å²) in [6, 6.07) is 8.53. The van der Waals surface area contributed by atoms with Crippen molar-refractivity contribution in [3.63, 3.8) is 0 Å². The second kappa shape index (κ2) is 4.34. The molecule has 0 saturated heterocycles. The van der Waals surface area contributed by atoms with Crippen molar-refractivity contribution < 1.29 is 4.74 Å². The summed E-state index contributed by atoms with van der Waals surface area (Å²) < 4.78 is 5.54. The van der Waals surface area contributed by atoms with Gasteiger partial charge in [-0.2, -0.15) is 0 Å². The van der Waals surface area contributed by atoms with E-state index in [1.807, 2.05) is 13.0 Å². The Morgan fingerprint density at radius 1 is 1.35 bits per heavy atom. The van der Waals surface area contributed by atoms with Crippen LogP contribution in [-0.4, -0.2) is 6.61 Å². The van der Waals surface area contributed by atoms with Gasteiger partial charge in [0.2, 0.25) is 0 Å². The molecule has 0 bridgehead atoms. The molecule has 2 N–H and O–H groups in total. The largest absolute Gasteiger partial charge is 0.494 e. The molecule has 2 heteroatoms. The Morgan fingerprint density at radius 2 is 2.12 bits per heavy atom. The molecule has 17 heavy (non-hydrogen) atoms. The highest BCUT2D eigenvalue weighted by Crippen LogP contribution is 2.61. The first-order valence-electron chi connectivity index (χ1n) is 6.79. The summed E-state index contributed by atoms with van der Waals surface area (Å²) >= 11 is 0. The van der Waals surface area contributed by atoms with Crippen LogP contribution in [0.2, 0.25) is 0 Å². The highest BCUT2D eigenvalue weighted by molar-refractivity contribution is 5.32. The third kappa shape index (κ3) is 1.95. The third-order valence-corrected chi connectivity index (χ3v) is 4.44. The molecule has 1 aromatic rings. The molecule has 2 nitrogen and oxygen atoms in total. The van der Waals surface area contributed by atoms with Crippen molar-refractivity contribution >= 4 is 0 Å². The van der Waals surface area contributed by atoms with E-state index in [0.717, 1.165) is 23.5 Å². The van der Waals surface area contributed by atoms with Gasteiger partial charge >= 0.3 is 0 Å². The van der Waals surface area contributed by atoms with Crippen LogP contribution in [0.5, 0.6) is 5.75 Å². The van der Waals surface area contributed by atoms with Crippen LogP contribution in [0.15, 0.2) is 24.3 Å². The minimum atomic E-state index is 0.214. The molecule has 0 heterocycles. The molecule has 0 spiro atoms. The summed E-state index contributed by atoms with van der Waals surface area (Å²) in [5, 5.41) is 0. The zero-order chi connectivity index (χ0) is 11.8. The summed E-state index contributed by atoms with van der Waals surface area (Å²) in [6.45, 7) is 2.73. The van der Waals surface area contributed by atoms with E-state index >= 15 is 0 Å². The lowest BCUT2D eigenvalue weighted by Crippen LogP contribution is -2.15. The van der Waals surface area contributed by atoms with Crippen LogP contribution in [0, 0.1) is 17.8 Å². The quantitative estimate of drug-likeness (QED) is 0.864. The normalized spacial score (nSPS) is 32.0. The van der Waals surface area contributed by atoms with E-state index in [1.54, 1.807) is 0 Å². The van der Waals surface area contributed by atoms with E-state index in [0.29, 0.717) is 6.61 Å². The number of ether oxygens (including phenoxy) is 1. The summed E-state index contributed by atoms with van der Waals surface area (Å²) in [6.07, 6.45) is 4.21. The Kier molecular flexibility index (Phi) is 2.83. The van der Waals surface area contributed by atoms with E-state index in [-0.39, 0.29) is 6.04 Å². The zero-order valence-electron chi connectivity index (χ0n) is 10.4. The number of fused-ring (bicyclic) bond motifs is 1. The maximum atomic E-state index is 6.40. The monoisotopic (exact) mass is 231 g/mol. The Morgan fingerprint density at radius 3 is 2.82 bits per heavy atom. The Bertz CT molecular complexity index is 394. The van der Waals surface area contributed by atoms with Gasteiger partial charge < -0.3 is 10.5 Å². The third-order valence-electron chi connectivity index (χ3n) is 4.44. The fourth-order valence-electron chi connectivity index (χ4n) is 3.61. The lowest BCUT2D eigenvalue weighted by atomic mass is 9.98. The van der Waals surface area contributed by atoms with Gasteiger partial charge in [-0.15, -0.1) is 0 Å². The summed E-state index contributed by atoms with van der Waals surface area (Å²) in [4.78, 5) is 0. The maximum Gasteiger partial charge on any atom is 0.119 e. The molecule has 0 radical (unpaired) electrons. The fraction of sp³-hybridized carbons (Fsp3) is 0.600. The smallest absolute Gasteiger partial charge is 0.119 e. The van der Waals surface area contributed by atoms with Gasteiger partial charge in [0, 0.05) is 6.04 Å². The lowest BCUT2D eigenvalue weighted by molar-refractivity contribution is 0.339. The minimum Gasteiger partial charge on any atom is -0.494 e. The Labute approximate surface area is 103 Å². The van der Waals surface area contributed by atoms with Crippen molar-refractivity contribution in [2.75, 3.05) is 6.61 Å². The average molecular weight is 231 g/mol. The highest BCUT2D eigenvalue weighted by atomic mass is 16.5. The molecular weight excluding hydrogens is 210 g/mol. The van der Waals surface area contributed by atoms with Crippen molar-refractivity contribution in [3.8, 4) is 5.75 Å². The first-order chi connectivity index (χ1) is 8.31. The summed E-state index contributed by atoms with van der Waals surface area (Å²) in [5.74, 6) is 3.52. The predicted octanol–water partition coefficient (Wildman–Crippen LogP) is 3.13. The number of rotatable bonds is 4. The molecule has 2 saturated carbocycles. The molecule has 0 amide bonds. The Balaban J connectivity index is 1.73. The lowest BCUT2D eigenvalue weighted by Gasteiger charge is -2.15. The second-order valence-electron chi connectivity index (χ2n) is 5.37. The van der Waals surface area contributed by atoms with Crippen LogP contribution in [0.25, 0.3) is 0 Å². The molecule has 2 fully saturated rings. The molecule has 0 aromatic heterocycles. The maximum absolute atomic E-state index is 6.40. The van der Waals surface area contributed by atoms with Crippen LogP contribution in [-0.2, 0) is 0 Å². The van der Waals surface area contributed by atoms with Gasteiger partial charge in [-0.3, -0.25) is 0 Å². The number of hydrogen-bond acceptors (Lipinski definition) is 2. The van der Waals surface area contributed by atoms with Crippen molar-refractivity contribution in [2.24, 2.45) is 23.5 Å². The van der Waals surface area contributed by atoms with Gasteiger partial charge in [0.1, 0.15) is 5.75 Å². The molecule has 92 valence electrons. The SMILES string of the molecule is CCOc1cccc(C(N)C2C3CCCC32)c1. The molecule has 0 aliphatic heterocycles. The van der Waals surface area contributed by atoms with Gasteiger partial charge in [0.05, 0.1) is 6.61 Å². The van der Waals surface area contributed by atoms with Gasteiger partial charge in [-0.05, 0) is 55.2 Å². The van der Waals surface area contributed by atoms with Crippen molar-refractivity contribution in [3.05, 3.63) is 29.8 Å². The molecule has 3 unspecified atom stereocenters. The number of hydrogen-bond donors (Lipinski definition) is 1. The number of nitrogens with two attached hydrogens (primary N) is 1. The molecule has 2 aliphatic rings. The van der Waals surface area contributed by atoms with Gasteiger partial charge in [-0.25, -0.2) is 0 Å². The molecule has 2 aliphatic carbocycles. The van der Waals surface area contributed by atoms with E-state index in [1.165, 1.54) is 24.8 Å². The molecule has 1 aromatic carbocycles. The molecule has 3 rings (SSSR count). The standard InChI is InChI=1S/C15H21NO/c1-2-17-11-6-3-5-10(9-11)15(16)14-12-7-4-8-13(12)14/h3,5-6,9,12-15H,2,4,7-8,16H2,1H3. The summed E-state index contributed by atoms with van der Waals surface area (Å²) in [7, 11) is 0. The van der Waals surface area contributed by atoms with Gasteiger partial charge in [0.15, 0.2) is 0 Å². The topological polar surface area (TPSA) is 35.2 Å². The fourth-order valence-corrected chi connectivity index (χ4v) is 3.61. The van der Waals surface area contributed by atoms with Crippen molar-refractivity contribution in [1.82, 2.24) is 0 Å². The van der Waals surface area contributed by atoms with Crippen molar-refractivity contribution in [2.45, 2.75) is 32.2 Å². The van der Waals surface area contributed by atoms with Gasteiger partial charge in [-0.1, -0.05) is 18.6 Å². The number of benzene rings is 1. The van der Waals surface area contributed by atoms with E-state index in [9.17, 15) is 0 Å². The molecular formula is C15H21NO. The predicted molar refractivity (Wildman–Crippen MR) is 68.9 cm³/mol. The molecule has 3 atom stereocenters. The Hall–Kier alpha value is -1.02. The van der Waals surface area contributed by atoms with Crippen molar-refractivity contribution in [1.29, 1.82) is 0 Å². The average Bonchev–Trinajstić information content (AvgIpc) is 2.82. The van der Waals surface area contributed by atoms with E-state index < -0.39 is 0 Å².